The Morgan fingerprint density at radius 3 is 2.69 bits per heavy atom. The molecule has 0 bridgehead atoms. The summed E-state index contributed by atoms with van der Waals surface area (Å²) in [5.74, 6) is -0.322. The molecule has 2 nitrogen and oxygen atoms in total. The van der Waals surface area contributed by atoms with Crippen molar-refractivity contribution in [3.8, 4) is 0 Å². The van der Waals surface area contributed by atoms with Gasteiger partial charge in [-0.25, -0.2) is 4.39 Å². The number of likely N-dealkylation sites (N-methyl/N-ethyl adjacent to an activating group) is 1. The zero-order chi connectivity index (χ0) is 11.5. The van der Waals surface area contributed by atoms with E-state index in [0.29, 0.717) is 18.2 Å². The van der Waals surface area contributed by atoms with E-state index in [1.807, 2.05) is 7.05 Å². The van der Waals surface area contributed by atoms with E-state index in [0.717, 1.165) is 0 Å². The fraction of sp³-hybridized carbons (Fsp3) is 0.538. The van der Waals surface area contributed by atoms with Gasteiger partial charge in [-0.05, 0) is 26.0 Å². The minimum Gasteiger partial charge on any atom is -0.387 e. The predicted molar refractivity (Wildman–Crippen MR) is 61.6 cm³/mol. The number of halogens is 1. The van der Waals surface area contributed by atoms with E-state index < -0.39 is 6.10 Å². The molecule has 0 spiro atoms. The number of aliphatic hydroxyl groups is 1. The molecule has 88 valence electrons. The van der Waals surface area contributed by atoms with Gasteiger partial charge in [-0.15, -0.1) is 0 Å². The lowest BCUT2D eigenvalue weighted by atomic mass is 9.91. The van der Waals surface area contributed by atoms with Crippen molar-refractivity contribution in [2.24, 2.45) is 0 Å². The minimum absolute atomic E-state index is 0.322. The molecule has 1 unspecified atom stereocenters. The number of aliphatic hydroxyl groups excluding tert-OH is 1. The Kier molecular flexibility index (Phi) is 3.56. The molecule has 0 heterocycles. The molecule has 0 aromatic heterocycles. The molecular weight excluding hydrogens is 205 g/mol. The molecule has 0 saturated heterocycles. The van der Waals surface area contributed by atoms with Gasteiger partial charge in [-0.2, -0.15) is 0 Å². The summed E-state index contributed by atoms with van der Waals surface area (Å²) in [6.45, 7) is 0.506. The lowest BCUT2D eigenvalue weighted by molar-refractivity contribution is 0.0757. The number of hydrogen-bond donors (Lipinski definition) is 1. The molecule has 1 N–H and O–H groups in total. The Labute approximate surface area is 95.7 Å². The number of rotatable bonds is 4. The van der Waals surface area contributed by atoms with Crippen molar-refractivity contribution >= 4 is 0 Å². The van der Waals surface area contributed by atoms with Crippen LogP contribution in [0.4, 0.5) is 4.39 Å². The van der Waals surface area contributed by atoms with Gasteiger partial charge in [0.2, 0.25) is 0 Å². The number of hydrogen-bond acceptors (Lipinski definition) is 2. The third-order valence-corrected chi connectivity index (χ3v) is 3.42. The van der Waals surface area contributed by atoms with Crippen molar-refractivity contribution in [2.45, 2.75) is 31.4 Å². The first-order valence-corrected chi connectivity index (χ1v) is 5.81. The second kappa shape index (κ2) is 4.93. The third kappa shape index (κ3) is 2.42. The van der Waals surface area contributed by atoms with Gasteiger partial charge < -0.3 is 10.0 Å². The zero-order valence-electron chi connectivity index (χ0n) is 9.56. The lowest BCUT2D eigenvalue weighted by Crippen LogP contribution is -2.39. The SMILES string of the molecule is CN(CC(O)c1ccccc1F)C1CCC1. The maximum atomic E-state index is 13.4. The lowest BCUT2D eigenvalue weighted by Gasteiger charge is -2.35. The van der Waals surface area contributed by atoms with Crippen molar-refractivity contribution in [3.63, 3.8) is 0 Å². The van der Waals surface area contributed by atoms with Crippen LogP contribution in [0.15, 0.2) is 24.3 Å². The Balaban J connectivity index is 1.96. The summed E-state index contributed by atoms with van der Waals surface area (Å²) >= 11 is 0. The summed E-state index contributed by atoms with van der Waals surface area (Å²) in [4.78, 5) is 2.13. The highest BCUT2D eigenvalue weighted by Gasteiger charge is 2.24. The third-order valence-electron chi connectivity index (χ3n) is 3.42. The minimum atomic E-state index is -0.730. The molecule has 1 aliphatic carbocycles. The monoisotopic (exact) mass is 223 g/mol. The van der Waals surface area contributed by atoms with Gasteiger partial charge in [0.25, 0.3) is 0 Å². The maximum absolute atomic E-state index is 13.4. The van der Waals surface area contributed by atoms with Gasteiger partial charge in [0, 0.05) is 18.2 Å². The standard InChI is InChI=1S/C13H18FNO/c1-15(10-5-4-6-10)9-13(16)11-7-2-3-8-12(11)14/h2-3,7-8,10,13,16H,4-6,9H2,1H3. The second-order valence-corrected chi connectivity index (χ2v) is 4.56. The van der Waals surface area contributed by atoms with Crippen LogP contribution in [0.5, 0.6) is 0 Å². The van der Waals surface area contributed by atoms with E-state index in [1.165, 1.54) is 25.3 Å². The number of nitrogens with zero attached hydrogens (tertiary/aromatic N) is 1. The molecule has 1 fully saturated rings. The summed E-state index contributed by atoms with van der Waals surface area (Å²) in [5, 5.41) is 9.96. The van der Waals surface area contributed by atoms with Crippen LogP contribution in [0.3, 0.4) is 0 Å². The highest BCUT2D eigenvalue weighted by Crippen LogP contribution is 2.26. The van der Waals surface area contributed by atoms with Gasteiger partial charge in [-0.1, -0.05) is 24.6 Å². The Bertz CT molecular complexity index is 352. The molecule has 2 rings (SSSR count). The molecule has 1 saturated carbocycles. The van der Waals surface area contributed by atoms with E-state index in [9.17, 15) is 9.50 Å². The zero-order valence-corrected chi connectivity index (χ0v) is 9.56. The average Bonchev–Trinajstić information content (AvgIpc) is 2.15. The van der Waals surface area contributed by atoms with Gasteiger partial charge in [-0.3, -0.25) is 0 Å². The summed E-state index contributed by atoms with van der Waals surface area (Å²) in [6, 6.07) is 7.00. The quantitative estimate of drug-likeness (QED) is 0.847. The first kappa shape index (κ1) is 11.6. The van der Waals surface area contributed by atoms with E-state index in [-0.39, 0.29) is 5.82 Å². The van der Waals surface area contributed by atoms with Crippen LogP contribution in [0, 0.1) is 5.82 Å². The van der Waals surface area contributed by atoms with Crippen LogP contribution in [0.1, 0.15) is 30.9 Å². The van der Waals surface area contributed by atoms with Crippen molar-refractivity contribution in [1.82, 2.24) is 4.90 Å². The van der Waals surface area contributed by atoms with Gasteiger partial charge >= 0.3 is 0 Å². The molecule has 1 atom stereocenters. The first-order valence-electron chi connectivity index (χ1n) is 5.81. The first-order chi connectivity index (χ1) is 7.68. The molecule has 1 aromatic rings. The predicted octanol–water partition coefficient (Wildman–Crippen LogP) is 2.34. The molecule has 0 radical (unpaired) electrons. The molecule has 16 heavy (non-hydrogen) atoms. The van der Waals surface area contributed by atoms with Crippen LogP contribution < -0.4 is 0 Å². The van der Waals surface area contributed by atoms with E-state index in [1.54, 1.807) is 18.2 Å². The maximum Gasteiger partial charge on any atom is 0.129 e. The smallest absolute Gasteiger partial charge is 0.129 e. The van der Waals surface area contributed by atoms with Gasteiger partial charge in [0.05, 0.1) is 6.10 Å². The van der Waals surface area contributed by atoms with E-state index >= 15 is 0 Å². The Morgan fingerprint density at radius 1 is 1.44 bits per heavy atom. The molecule has 3 heteroatoms. The summed E-state index contributed by atoms with van der Waals surface area (Å²) in [7, 11) is 1.99. The molecule has 1 aliphatic rings. The summed E-state index contributed by atoms with van der Waals surface area (Å²) in [6.07, 6.45) is 2.93. The summed E-state index contributed by atoms with van der Waals surface area (Å²) < 4.78 is 13.4. The van der Waals surface area contributed by atoms with Crippen LogP contribution in [-0.2, 0) is 0 Å². The highest BCUT2D eigenvalue weighted by atomic mass is 19.1. The molecule has 0 amide bonds. The van der Waals surface area contributed by atoms with Gasteiger partial charge in [0.15, 0.2) is 0 Å². The van der Waals surface area contributed by atoms with Crippen molar-refractivity contribution in [2.75, 3.05) is 13.6 Å². The summed E-state index contributed by atoms with van der Waals surface area (Å²) in [5.41, 5.74) is 0.397. The second-order valence-electron chi connectivity index (χ2n) is 4.56. The largest absolute Gasteiger partial charge is 0.387 e. The molecule has 0 aliphatic heterocycles. The van der Waals surface area contributed by atoms with Crippen LogP contribution in [0.2, 0.25) is 0 Å². The van der Waals surface area contributed by atoms with Gasteiger partial charge in [0.1, 0.15) is 5.82 Å². The topological polar surface area (TPSA) is 23.5 Å². The van der Waals surface area contributed by atoms with Crippen molar-refractivity contribution in [1.29, 1.82) is 0 Å². The van der Waals surface area contributed by atoms with Crippen LogP contribution >= 0.6 is 0 Å². The van der Waals surface area contributed by atoms with E-state index in [4.69, 9.17) is 0 Å². The normalized spacial score (nSPS) is 18.5. The molecular formula is C13H18FNO. The van der Waals surface area contributed by atoms with E-state index in [2.05, 4.69) is 4.90 Å². The molecule has 1 aromatic carbocycles. The van der Waals surface area contributed by atoms with Crippen LogP contribution in [-0.4, -0.2) is 29.6 Å². The highest BCUT2D eigenvalue weighted by molar-refractivity contribution is 5.20. The average molecular weight is 223 g/mol. The van der Waals surface area contributed by atoms with Crippen molar-refractivity contribution < 1.29 is 9.50 Å². The number of benzene rings is 1. The Morgan fingerprint density at radius 2 is 2.12 bits per heavy atom. The van der Waals surface area contributed by atoms with Crippen LogP contribution in [0.25, 0.3) is 0 Å². The van der Waals surface area contributed by atoms with Crippen molar-refractivity contribution in [3.05, 3.63) is 35.6 Å². The fourth-order valence-electron chi connectivity index (χ4n) is 2.09. The fourth-order valence-corrected chi connectivity index (χ4v) is 2.09. The Hall–Kier alpha value is -0.930.